The van der Waals surface area contributed by atoms with Gasteiger partial charge < -0.3 is 10.5 Å². The second-order valence-corrected chi connectivity index (χ2v) is 5.76. The van der Waals surface area contributed by atoms with Crippen molar-refractivity contribution in [1.29, 1.82) is 0 Å². The molecule has 1 saturated heterocycles. The first kappa shape index (κ1) is 12.1. The summed E-state index contributed by atoms with van der Waals surface area (Å²) in [4.78, 5) is 16.4. The number of carbonyl (C=O) groups excluding carboxylic acids is 1. The van der Waals surface area contributed by atoms with Crippen molar-refractivity contribution in [3.8, 4) is 0 Å². The van der Waals surface area contributed by atoms with E-state index in [2.05, 4.69) is 10.3 Å². The van der Waals surface area contributed by atoms with E-state index in [0.717, 1.165) is 18.5 Å². The molecule has 2 aliphatic rings. The Bertz CT molecular complexity index is 444. The number of nitrogens with zero attached hydrogens (tertiary/aromatic N) is 1. The van der Waals surface area contributed by atoms with E-state index in [4.69, 9.17) is 10.5 Å². The Balaban J connectivity index is 1.56. The Labute approximate surface area is 110 Å². The van der Waals surface area contributed by atoms with Crippen LogP contribution in [0.4, 0.5) is 5.13 Å². The van der Waals surface area contributed by atoms with Crippen LogP contribution in [0.2, 0.25) is 0 Å². The number of nitrogens with two attached hydrogens (primary N) is 1. The zero-order valence-corrected chi connectivity index (χ0v) is 10.9. The predicted molar refractivity (Wildman–Crippen MR) is 69.7 cm³/mol. The van der Waals surface area contributed by atoms with E-state index in [9.17, 15) is 4.79 Å². The summed E-state index contributed by atoms with van der Waals surface area (Å²) in [6, 6.07) is 0. The zero-order chi connectivity index (χ0) is 12.5. The molecular weight excluding hydrogens is 250 g/mol. The first-order valence-corrected chi connectivity index (χ1v) is 7.26. The topological polar surface area (TPSA) is 77.2 Å². The van der Waals surface area contributed by atoms with Crippen molar-refractivity contribution in [3.05, 3.63) is 11.1 Å². The normalized spacial score (nSPS) is 27.4. The highest BCUT2D eigenvalue weighted by Crippen LogP contribution is 2.40. The van der Waals surface area contributed by atoms with Crippen molar-refractivity contribution >= 4 is 22.4 Å². The third-order valence-corrected chi connectivity index (χ3v) is 4.19. The van der Waals surface area contributed by atoms with Crippen molar-refractivity contribution in [2.45, 2.75) is 43.8 Å². The second-order valence-electron chi connectivity index (χ2n) is 4.90. The Morgan fingerprint density at radius 2 is 2.33 bits per heavy atom. The Kier molecular flexibility index (Phi) is 3.32. The third kappa shape index (κ3) is 2.55. The highest BCUT2D eigenvalue weighted by Gasteiger charge is 2.31. The van der Waals surface area contributed by atoms with Crippen molar-refractivity contribution < 1.29 is 9.53 Å². The molecule has 0 spiro atoms. The number of nitrogens with one attached hydrogen (secondary N) is 1. The zero-order valence-electron chi connectivity index (χ0n) is 10.1. The minimum absolute atomic E-state index is 0.0269. The minimum Gasteiger partial charge on any atom is -0.364 e. The Morgan fingerprint density at radius 3 is 3.00 bits per heavy atom. The molecule has 2 heterocycles. The van der Waals surface area contributed by atoms with Gasteiger partial charge in [0.25, 0.3) is 5.91 Å². The molecule has 1 aliphatic carbocycles. The van der Waals surface area contributed by atoms with Gasteiger partial charge in [0.1, 0.15) is 6.10 Å². The average molecular weight is 267 g/mol. The van der Waals surface area contributed by atoms with Gasteiger partial charge in [-0.2, -0.15) is 0 Å². The van der Waals surface area contributed by atoms with Gasteiger partial charge in [0.2, 0.25) is 0 Å². The van der Waals surface area contributed by atoms with Gasteiger partial charge in [-0.05, 0) is 25.7 Å². The van der Waals surface area contributed by atoms with E-state index >= 15 is 0 Å². The largest absolute Gasteiger partial charge is 0.364 e. The van der Waals surface area contributed by atoms with Crippen LogP contribution >= 0.6 is 11.3 Å². The number of thiazole rings is 1. The first-order valence-electron chi connectivity index (χ1n) is 6.38. The number of ether oxygens (including phenoxy) is 1. The molecule has 1 amide bonds. The number of amides is 1. The lowest BCUT2D eigenvalue weighted by molar-refractivity contribution is -0.126. The van der Waals surface area contributed by atoms with Crippen LogP contribution in [0.25, 0.3) is 0 Å². The van der Waals surface area contributed by atoms with Gasteiger partial charge in [-0.25, -0.2) is 4.98 Å². The van der Waals surface area contributed by atoms with Crippen LogP contribution in [0.3, 0.4) is 0 Å². The van der Waals surface area contributed by atoms with Gasteiger partial charge in [-0.3, -0.25) is 10.1 Å². The number of carbonyl (C=O) groups is 1. The van der Waals surface area contributed by atoms with Crippen molar-refractivity contribution in [2.75, 3.05) is 11.9 Å². The first-order chi connectivity index (χ1) is 8.76. The highest BCUT2D eigenvalue weighted by atomic mass is 32.1. The maximum atomic E-state index is 12.0. The predicted octanol–water partition coefficient (Wildman–Crippen LogP) is 1.47. The van der Waals surface area contributed by atoms with Crippen LogP contribution < -0.4 is 11.1 Å². The highest BCUT2D eigenvalue weighted by molar-refractivity contribution is 7.13. The van der Waals surface area contributed by atoms with Crippen LogP contribution in [0.15, 0.2) is 5.38 Å². The molecular formula is C12H17N3O2S. The van der Waals surface area contributed by atoms with Crippen molar-refractivity contribution in [2.24, 2.45) is 5.73 Å². The fourth-order valence-corrected chi connectivity index (χ4v) is 2.96. The van der Waals surface area contributed by atoms with E-state index in [1.165, 1.54) is 24.2 Å². The van der Waals surface area contributed by atoms with Gasteiger partial charge in [-0.15, -0.1) is 11.3 Å². The molecule has 0 unspecified atom stereocenters. The summed E-state index contributed by atoms with van der Waals surface area (Å²) >= 11 is 1.49. The number of anilines is 1. The fraction of sp³-hybridized carbons (Fsp3) is 0.667. The van der Waals surface area contributed by atoms with Crippen LogP contribution in [-0.2, 0) is 9.53 Å². The summed E-state index contributed by atoms with van der Waals surface area (Å²) in [5.74, 6) is 0.527. The van der Waals surface area contributed by atoms with E-state index < -0.39 is 0 Å². The molecule has 98 valence electrons. The maximum Gasteiger partial charge on any atom is 0.255 e. The second kappa shape index (κ2) is 4.95. The summed E-state index contributed by atoms with van der Waals surface area (Å²) in [6.07, 6.45) is 3.71. The van der Waals surface area contributed by atoms with Crippen LogP contribution in [0.1, 0.15) is 37.3 Å². The number of aromatic nitrogens is 1. The van der Waals surface area contributed by atoms with Gasteiger partial charge in [0, 0.05) is 17.8 Å². The lowest BCUT2D eigenvalue weighted by Gasteiger charge is -2.11. The number of rotatable bonds is 4. The van der Waals surface area contributed by atoms with E-state index in [0.29, 0.717) is 17.6 Å². The standard InChI is InChI=1S/C12H17N3O2S/c13-5-8-3-4-10(17-8)11(16)15-12-14-9(6-18-12)7-1-2-7/h6-8,10H,1-5,13H2,(H,14,15,16)/t8-,10+/m1/s1. The summed E-state index contributed by atoms with van der Waals surface area (Å²) in [6.45, 7) is 0.479. The SMILES string of the molecule is NC[C@H]1CC[C@@H](C(=O)Nc2nc(C3CC3)cs2)O1. The fourth-order valence-electron chi connectivity index (χ4n) is 2.17. The molecule has 1 aromatic heterocycles. The lowest BCUT2D eigenvalue weighted by Crippen LogP contribution is -2.29. The summed E-state index contributed by atoms with van der Waals surface area (Å²) < 4.78 is 5.55. The van der Waals surface area contributed by atoms with Crippen LogP contribution in [-0.4, -0.2) is 29.6 Å². The third-order valence-electron chi connectivity index (χ3n) is 3.41. The lowest BCUT2D eigenvalue weighted by atomic mass is 10.2. The average Bonchev–Trinajstić information content (AvgIpc) is 2.93. The maximum absolute atomic E-state index is 12.0. The molecule has 6 heteroatoms. The molecule has 18 heavy (non-hydrogen) atoms. The molecule has 2 fully saturated rings. The minimum atomic E-state index is -0.369. The van der Waals surface area contributed by atoms with Crippen LogP contribution in [0, 0.1) is 0 Å². The quantitative estimate of drug-likeness (QED) is 0.866. The molecule has 0 aromatic carbocycles. The van der Waals surface area contributed by atoms with E-state index in [1.807, 2.05) is 5.38 Å². The number of hydrogen-bond acceptors (Lipinski definition) is 5. The van der Waals surface area contributed by atoms with Gasteiger partial charge in [-0.1, -0.05) is 0 Å². The molecule has 0 radical (unpaired) electrons. The monoisotopic (exact) mass is 267 g/mol. The summed E-state index contributed by atoms with van der Waals surface area (Å²) in [5, 5.41) is 5.55. The molecule has 0 bridgehead atoms. The van der Waals surface area contributed by atoms with Gasteiger partial charge >= 0.3 is 0 Å². The number of hydrogen-bond donors (Lipinski definition) is 2. The van der Waals surface area contributed by atoms with Crippen molar-refractivity contribution in [1.82, 2.24) is 4.98 Å². The smallest absolute Gasteiger partial charge is 0.255 e. The van der Waals surface area contributed by atoms with Gasteiger partial charge in [0.15, 0.2) is 5.13 Å². The Hall–Kier alpha value is -0.980. The molecule has 3 N–H and O–H groups in total. The van der Waals surface area contributed by atoms with Crippen molar-refractivity contribution in [3.63, 3.8) is 0 Å². The van der Waals surface area contributed by atoms with E-state index in [1.54, 1.807) is 0 Å². The molecule has 3 rings (SSSR count). The molecule has 1 aromatic rings. The molecule has 5 nitrogen and oxygen atoms in total. The van der Waals surface area contributed by atoms with E-state index in [-0.39, 0.29) is 18.1 Å². The van der Waals surface area contributed by atoms with Crippen LogP contribution in [0.5, 0.6) is 0 Å². The van der Waals surface area contributed by atoms with Gasteiger partial charge in [0.05, 0.1) is 11.8 Å². The summed E-state index contributed by atoms with van der Waals surface area (Å²) in [7, 11) is 0. The Morgan fingerprint density at radius 1 is 1.50 bits per heavy atom. The molecule has 1 saturated carbocycles. The molecule has 2 atom stereocenters. The summed E-state index contributed by atoms with van der Waals surface area (Å²) in [5.41, 5.74) is 6.64. The molecule has 1 aliphatic heterocycles.